The van der Waals surface area contributed by atoms with Gasteiger partial charge in [-0.25, -0.2) is 0 Å². The summed E-state index contributed by atoms with van der Waals surface area (Å²) in [6.45, 7) is 5.98. The van der Waals surface area contributed by atoms with Crippen molar-refractivity contribution in [2.75, 3.05) is 0 Å². The topological polar surface area (TPSA) is 29.1 Å². The highest BCUT2D eigenvalue weighted by Gasteiger charge is 2.07. The second-order valence-corrected chi connectivity index (χ2v) is 4.19. The molecule has 2 nitrogen and oxygen atoms in total. The Balaban J connectivity index is 2.49. The van der Waals surface area contributed by atoms with Gasteiger partial charge in [0, 0.05) is 6.42 Å². The predicted octanol–water partition coefficient (Wildman–Crippen LogP) is 3.22. The van der Waals surface area contributed by atoms with Crippen molar-refractivity contribution in [3.8, 4) is 0 Å². The summed E-state index contributed by atoms with van der Waals surface area (Å²) in [6, 6.07) is 10.0. The summed E-state index contributed by atoms with van der Waals surface area (Å²) in [5.74, 6) is 0.0672. The molecule has 2 heteroatoms. The van der Waals surface area contributed by atoms with E-state index in [0.29, 0.717) is 6.42 Å². The van der Waals surface area contributed by atoms with Gasteiger partial charge in [-0.3, -0.25) is 4.79 Å². The predicted molar refractivity (Wildman–Crippen MR) is 67.0 cm³/mol. The van der Waals surface area contributed by atoms with Gasteiger partial charge < -0.3 is 5.32 Å². The Bertz CT molecular complexity index is 364. The zero-order chi connectivity index (χ0) is 12.0. The zero-order valence-electron chi connectivity index (χ0n) is 10.2. The molecule has 0 saturated carbocycles. The van der Waals surface area contributed by atoms with E-state index in [4.69, 9.17) is 0 Å². The third kappa shape index (κ3) is 4.30. The number of hydrogen-bond donors (Lipinski definition) is 1. The lowest BCUT2D eigenvalue weighted by atomic mass is 10.1. The van der Waals surface area contributed by atoms with E-state index in [2.05, 4.69) is 5.32 Å². The molecule has 1 aromatic rings. The Morgan fingerprint density at radius 1 is 1.31 bits per heavy atom. The number of nitrogens with one attached hydrogen (secondary N) is 1. The first kappa shape index (κ1) is 12.5. The molecule has 0 heterocycles. The van der Waals surface area contributed by atoms with E-state index >= 15 is 0 Å². The lowest BCUT2D eigenvalue weighted by Gasteiger charge is -2.13. The fraction of sp³-hybridized carbons (Fsp3) is 0.357. The zero-order valence-corrected chi connectivity index (χ0v) is 10.2. The number of rotatable bonds is 4. The van der Waals surface area contributed by atoms with Crippen molar-refractivity contribution < 1.29 is 4.79 Å². The first-order chi connectivity index (χ1) is 7.59. The number of amides is 1. The summed E-state index contributed by atoms with van der Waals surface area (Å²) >= 11 is 0. The first-order valence-corrected chi connectivity index (χ1v) is 5.57. The summed E-state index contributed by atoms with van der Waals surface area (Å²) < 4.78 is 0. The molecule has 0 saturated heterocycles. The molecule has 0 aliphatic rings. The van der Waals surface area contributed by atoms with Crippen LogP contribution < -0.4 is 5.32 Å². The Hall–Kier alpha value is -1.57. The molecule has 1 rings (SSSR count). The molecule has 0 aliphatic heterocycles. The Kier molecular flexibility index (Phi) is 4.77. The van der Waals surface area contributed by atoms with E-state index in [1.54, 1.807) is 0 Å². The van der Waals surface area contributed by atoms with Crippen LogP contribution in [0.2, 0.25) is 0 Å². The highest BCUT2D eigenvalue weighted by molar-refractivity contribution is 5.78. The number of allylic oxidation sites excluding steroid dienone is 1. The van der Waals surface area contributed by atoms with E-state index in [9.17, 15) is 4.79 Å². The number of carbonyl (C=O) groups is 1. The monoisotopic (exact) mass is 217 g/mol. The van der Waals surface area contributed by atoms with Crippen LogP contribution in [0.25, 0.3) is 0 Å². The fourth-order valence-electron chi connectivity index (χ4n) is 1.42. The van der Waals surface area contributed by atoms with E-state index < -0.39 is 0 Å². The molecule has 86 valence electrons. The Morgan fingerprint density at radius 2 is 1.94 bits per heavy atom. The molecule has 1 N–H and O–H groups in total. The Morgan fingerprint density at radius 3 is 2.50 bits per heavy atom. The van der Waals surface area contributed by atoms with Crippen LogP contribution in [0.15, 0.2) is 42.0 Å². The van der Waals surface area contributed by atoms with Crippen molar-refractivity contribution in [3.05, 3.63) is 47.5 Å². The smallest absolute Gasteiger partial charge is 0.224 e. The van der Waals surface area contributed by atoms with E-state index in [0.717, 1.165) is 5.56 Å². The van der Waals surface area contributed by atoms with Gasteiger partial charge in [0.15, 0.2) is 0 Å². The summed E-state index contributed by atoms with van der Waals surface area (Å²) in [6.07, 6.45) is 2.40. The maximum Gasteiger partial charge on any atom is 0.224 e. The fourth-order valence-corrected chi connectivity index (χ4v) is 1.42. The van der Waals surface area contributed by atoms with Crippen molar-refractivity contribution in [1.29, 1.82) is 0 Å². The normalized spacial score (nSPS) is 11.7. The third-order valence-corrected chi connectivity index (χ3v) is 2.37. The minimum Gasteiger partial charge on any atom is -0.349 e. The van der Waals surface area contributed by atoms with Crippen LogP contribution in [-0.2, 0) is 4.79 Å². The quantitative estimate of drug-likeness (QED) is 0.771. The molecule has 1 aromatic carbocycles. The minimum absolute atomic E-state index is 0.0672. The molecule has 0 aromatic heterocycles. The first-order valence-electron chi connectivity index (χ1n) is 5.57. The van der Waals surface area contributed by atoms with Crippen molar-refractivity contribution in [2.45, 2.75) is 33.2 Å². The standard InChI is InChI=1S/C14H19NO/c1-11(2)9-10-14(16)15-12(3)13-7-5-4-6-8-13/h4-9,12H,10H2,1-3H3,(H,15,16). The molecular weight excluding hydrogens is 198 g/mol. The molecule has 0 fully saturated rings. The van der Waals surface area contributed by atoms with Gasteiger partial charge in [0.1, 0.15) is 0 Å². The maximum absolute atomic E-state index is 11.6. The highest BCUT2D eigenvalue weighted by atomic mass is 16.1. The lowest BCUT2D eigenvalue weighted by Crippen LogP contribution is -2.25. The van der Waals surface area contributed by atoms with Crippen molar-refractivity contribution in [3.63, 3.8) is 0 Å². The van der Waals surface area contributed by atoms with Gasteiger partial charge in [0.05, 0.1) is 6.04 Å². The average molecular weight is 217 g/mol. The Labute approximate surface area is 97.4 Å². The SMILES string of the molecule is CC(C)=CCC(=O)NC(C)c1ccccc1. The molecule has 0 radical (unpaired) electrons. The van der Waals surface area contributed by atoms with Gasteiger partial charge in [0.2, 0.25) is 5.91 Å². The molecule has 0 aliphatic carbocycles. The van der Waals surface area contributed by atoms with Gasteiger partial charge in [-0.2, -0.15) is 0 Å². The number of benzene rings is 1. The third-order valence-electron chi connectivity index (χ3n) is 2.37. The van der Waals surface area contributed by atoms with E-state index in [1.807, 2.05) is 57.2 Å². The second-order valence-electron chi connectivity index (χ2n) is 4.19. The second kappa shape index (κ2) is 6.11. The highest BCUT2D eigenvalue weighted by Crippen LogP contribution is 2.11. The van der Waals surface area contributed by atoms with Crippen molar-refractivity contribution in [2.24, 2.45) is 0 Å². The van der Waals surface area contributed by atoms with Crippen LogP contribution in [-0.4, -0.2) is 5.91 Å². The summed E-state index contributed by atoms with van der Waals surface area (Å²) in [4.78, 5) is 11.6. The van der Waals surface area contributed by atoms with Crippen LogP contribution >= 0.6 is 0 Å². The molecule has 16 heavy (non-hydrogen) atoms. The maximum atomic E-state index is 11.6. The molecule has 1 amide bonds. The van der Waals surface area contributed by atoms with Gasteiger partial charge in [-0.1, -0.05) is 42.0 Å². The van der Waals surface area contributed by atoms with Gasteiger partial charge in [-0.05, 0) is 26.3 Å². The van der Waals surface area contributed by atoms with Crippen molar-refractivity contribution >= 4 is 5.91 Å². The lowest BCUT2D eigenvalue weighted by molar-refractivity contribution is -0.120. The van der Waals surface area contributed by atoms with E-state index in [1.165, 1.54) is 5.57 Å². The van der Waals surface area contributed by atoms with Crippen LogP contribution in [0.1, 0.15) is 38.8 Å². The van der Waals surface area contributed by atoms with Gasteiger partial charge in [0.25, 0.3) is 0 Å². The molecule has 0 spiro atoms. The average Bonchev–Trinajstić information content (AvgIpc) is 2.27. The van der Waals surface area contributed by atoms with Crippen LogP contribution in [0, 0.1) is 0 Å². The van der Waals surface area contributed by atoms with Crippen LogP contribution in [0.4, 0.5) is 0 Å². The van der Waals surface area contributed by atoms with Crippen molar-refractivity contribution in [1.82, 2.24) is 5.32 Å². The molecule has 1 atom stereocenters. The summed E-state index contributed by atoms with van der Waals surface area (Å²) in [7, 11) is 0. The van der Waals surface area contributed by atoms with E-state index in [-0.39, 0.29) is 11.9 Å². The summed E-state index contributed by atoms with van der Waals surface area (Å²) in [5.41, 5.74) is 2.30. The number of hydrogen-bond acceptors (Lipinski definition) is 1. The van der Waals surface area contributed by atoms with Gasteiger partial charge in [-0.15, -0.1) is 0 Å². The minimum atomic E-state index is 0.0672. The van der Waals surface area contributed by atoms with Gasteiger partial charge >= 0.3 is 0 Å². The molecule has 0 bridgehead atoms. The number of carbonyl (C=O) groups excluding carboxylic acids is 1. The van der Waals surface area contributed by atoms with Crippen LogP contribution in [0.5, 0.6) is 0 Å². The summed E-state index contributed by atoms with van der Waals surface area (Å²) in [5, 5.41) is 2.97. The molecule has 1 unspecified atom stereocenters. The van der Waals surface area contributed by atoms with Crippen LogP contribution in [0.3, 0.4) is 0 Å². The largest absolute Gasteiger partial charge is 0.349 e. The molecular formula is C14H19NO.